The van der Waals surface area contributed by atoms with E-state index in [-0.39, 0.29) is 11.8 Å². The van der Waals surface area contributed by atoms with Crippen LogP contribution in [-0.2, 0) is 0 Å². The quantitative estimate of drug-likeness (QED) is 0.356. The Morgan fingerprint density at radius 3 is 2.60 bits per heavy atom. The molecule has 0 aliphatic carbocycles. The summed E-state index contributed by atoms with van der Waals surface area (Å²) in [6.45, 7) is 0. The largest absolute Gasteiger partial charge is 0.500 e. The van der Waals surface area contributed by atoms with E-state index < -0.39 is 11.3 Å². The van der Waals surface area contributed by atoms with Crippen molar-refractivity contribution in [1.29, 1.82) is 0 Å². The molecule has 0 bridgehead atoms. The molecule has 0 aliphatic rings. The van der Waals surface area contributed by atoms with E-state index in [2.05, 4.69) is 9.97 Å². The molecule has 1 heterocycles. The van der Waals surface area contributed by atoms with Gasteiger partial charge in [0, 0.05) is 0 Å². The maximum Gasteiger partial charge on any atom is 0.318 e. The molecule has 0 aliphatic heterocycles. The molecule has 6 heteroatoms. The van der Waals surface area contributed by atoms with Gasteiger partial charge in [-0.2, -0.15) is 4.98 Å². The fraction of sp³-hybridized carbons (Fsp3) is 0. The Kier molecular flexibility index (Phi) is 1.22. The van der Waals surface area contributed by atoms with Crippen LogP contribution in [0, 0.1) is 0 Å². The summed E-state index contributed by atoms with van der Waals surface area (Å²) in [6, 6.07) is 0. The summed E-state index contributed by atoms with van der Waals surface area (Å²) in [4.78, 5) is 16.0. The highest BCUT2D eigenvalue weighted by molar-refractivity contribution is 5.45. The predicted octanol–water partition coefficient (Wildman–Crippen LogP) is -1.36. The third-order valence-electron chi connectivity index (χ3n) is 0.942. The number of nitrogens with one attached hydrogen (secondary N) is 1. The van der Waals surface area contributed by atoms with Crippen molar-refractivity contribution in [2.24, 2.45) is 0 Å². The molecule has 1 rings (SSSR count). The van der Waals surface area contributed by atoms with Crippen molar-refractivity contribution < 1.29 is 5.11 Å². The summed E-state index contributed by atoms with van der Waals surface area (Å²) >= 11 is 0. The number of rotatable bonds is 0. The van der Waals surface area contributed by atoms with E-state index in [1.807, 2.05) is 0 Å². The summed E-state index contributed by atoms with van der Waals surface area (Å²) in [5.41, 5.74) is 9.34. The van der Waals surface area contributed by atoms with Crippen molar-refractivity contribution in [3.05, 3.63) is 10.4 Å². The Labute approximate surface area is 55.5 Å². The first kappa shape index (κ1) is 6.40. The zero-order valence-corrected chi connectivity index (χ0v) is 4.96. The number of nitrogen functional groups attached to an aromatic ring is 2. The van der Waals surface area contributed by atoms with E-state index in [0.29, 0.717) is 0 Å². The minimum atomic E-state index is -0.825. The third-order valence-corrected chi connectivity index (χ3v) is 0.942. The molecule has 6 N–H and O–H groups in total. The standard InChI is InChI=1S/C4H6N4O2/c5-2-1(9)3(10)8-4(6)7-2/h9H,(H5,5,6,7,8,10). The second-order valence-corrected chi connectivity index (χ2v) is 1.69. The van der Waals surface area contributed by atoms with Gasteiger partial charge in [-0.15, -0.1) is 0 Å². The van der Waals surface area contributed by atoms with Crippen LogP contribution in [-0.4, -0.2) is 15.1 Å². The fourth-order valence-electron chi connectivity index (χ4n) is 0.503. The van der Waals surface area contributed by atoms with E-state index in [1.54, 1.807) is 0 Å². The Bertz CT molecular complexity index is 305. The molecule has 0 spiro atoms. The van der Waals surface area contributed by atoms with Gasteiger partial charge >= 0.3 is 5.56 Å². The van der Waals surface area contributed by atoms with Gasteiger partial charge in [0.25, 0.3) is 0 Å². The van der Waals surface area contributed by atoms with Gasteiger partial charge in [-0.05, 0) is 0 Å². The van der Waals surface area contributed by atoms with Crippen molar-refractivity contribution in [2.75, 3.05) is 11.5 Å². The number of nitrogens with two attached hydrogens (primary N) is 2. The smallest absolute Gasteiger partial charge is 0.318 e. The first-order valence-electron chi connectivity index (χ1n) is 2.45. The lowest BCUT2D eigenvalue weighted by atomic mass is 10.5. The number of H-pyrrole nitrogens is 1. The van der Waals surface area contributed by atoms with Gasteiger partial charge in [-0.3, -0.25) is 4.79 Å². The number of nitrogens with zero attached hydrogens (tertiary/aromatic N) is 1. The highest BCUT2D eigenvalue weighted by Crippen LogP contribution is 2.08. The van der Waals surface area contributed by atoms with Crippen LogP contribution in [0.25, 0.3) is 0 Å². The monoisotopic (exact) mass is 142 g/mol. The summed E-state index contributed by atoms with van der Waals surface area (Å²) in [6.07, 6.45) is 0. The average Bonchev–Trinajstić information content (AvgIpc) is 1.82. The highest BCUT2D eigenvalue weighted by Gasteiger charge is 2.02. The lowest BCUT2D eigenvalue weighted by molar-refractivity contribution is 0.467. The van der Waals surface area contributed by atoms with Gasteiger partial charge in [0.1, 0.15) is 0 Å². The van der Waals surface area contributed by atoms with E-state index >= 15 is 0 Å². The highest BCUT2D eigenvalue weighted by atomic mass is 16.3. The summed E-state index contributed by atoms with van der Waals surface area (Å²) in [7, 11) is 0. The zero-order valence-electron chi connectivity index (χ0n) is 4.96. The second-order valence-electron chi connectivity index (χ2n) is 1.69. The van der Waals surface area contributed by atoms with Gasteiger partial charge < -0.3 is 21.6 Å². The third kappa shape index (κ3) is 0.859. The van der Waals surface area contributed by atoms with E-state index in [0.717, 1.165) is 0 Å². The first-order valence-corrected chi connectivity index (χ1v) is 2.45. The molecule has 54 valence electrons. The minimum Gasteiger partial charge on any atom is -0.500 e. The summed E-state index contributed by atoms with van der Waals surface area (Å²) in [5.74, 6) is -0.882. The van der Waals surface area contributed by atoms with Gasteiger partial charge in [-0.1, -0.05) is 0 Å². The van der Waals surface area contributed by atoms with Crippen LogP contribution in [0.1, 0.15) is 0 Å². The van der Waals surface area contributed by atoms with Crippen molar-refractivity contribution in [3.63, 3.8) is 0 Å². The molecule has 0 aromatic carbocycles. The number of aromatic nitrogens is 2. The van der Waals surface area contributed by atoms with Crippen LogP contribution in [0.15, 0.2) is 4.79 Å². The number of hydrogen-bond acceptors (Lipinski definition) is 5. The minimum absolute atomic E-state index is 0.111. The van der Waals surface area contributed by atoms with Crippen LogP contribution >= 0.6 is 0 Å². The van der Waals surface area contributed by atoms with Crippen LogP contribution in [0.5, 0.6) is 5.75 Å². The molecule has 6 nitrogen and oxygen atoms in total. The van der Waals surface area contributed by atoms with Crippen molar-refractivity contribution in [2.45, 2.75) is 0 Å². The van der Waals surface area contributed by atoms with Crippen molar-refractivity contribution in [1.82, 2.24) is 9.97 Å². The topological polar surface area (TPSA) is 118 Å². The molecule has 0 atom stereocenters. The van der Waals surface area contributed by atoms with Gasteiger partial charge in [0.2, 0.25) is 11.7 Å². The molecule has 0 saturated carbocycles. The Morgan fingerprint density at radius 2 is 2.10 bits per heavy atom. The molecule has 1 aromatic rings. The number of anilines is 2. The molecule has 1 aromatic heterocycles. The molecule has 10 heavy (non-hydrogen) atoms. The zero-order chi connectivity index (χ0) is 7.72. The predicted molar refractivity (Wildman–Crippen MR) is 35.3 cm³/mol. The van der Waals surface area contributed by atoms with Gasteiger partial charge in [0.05, 0.1) is 0 Å². The Balaban J connectivity index is 3.46. The van der Waals surface area contributed by atoms with Crippen LogP contribution in [0.3, 0.4) is 0 Å². The first-order chi connectivity index (χ1) is 4.61. The average molecular weight is 142 g/mol. The number of aromatic hydroxyl groups is 1. The lowest BCUT2D eigenvalue weighted by Gasteiger charge is -1.96. The van der Waals surface area contributed by atoms with Crippen molar-refractivity contribution >= 4 is 11.8 Å². The Hall–Kier alpha value is -1.72. The Morgan fingerprint density at radius 1 is 1.50 bits per heavy atom. The van der Waals surface area contributed by atoms with Crippen molar-refractivity contribution in [3.8, 4) is 5.75 Å². The maximum absolute atomic E-state index is 10.5. The van der Waals surface area contributed by atoms with E-state index in [1.165, 1.54) is 0 Å². The molecular weight excluding hydrogens is 136 g/mol. The summed E-state index contributed by atoms with van der Waals surface area (Å²) < 4.78 is 0. The summed E-state index contributed by atoms with van der Waals surface area (Å²) in [5, 5.41) is 8.74. The van der Waals surface area contributed by atoms with Gasteiger partial charge in [0.15, 0.2) is 5.82 Å². The van der Waals surface area contributed by atoms with Gasteiger partial charge in [-0.25, -0.2) is 0 Å². The van der Waals surface area contributed by atoms with Crippen LogP contribution < -0.4 is 17.0 Å². The number of hydrogen-bond donors (Lipinski definition) is 4. The lowest BCUT2D eigenvalue weighted by Crippen LogP contribution is -2.12. The molecule has 0 unspecified atom stereocenters. The molecular formula is C4H6N4O2. The normalized spacial score (nSPS) is 9.60. The van der Waals surface area contributed by atoms with Crippen LogP contribution in [0.4, 0.5) is 11.8 Å². The van der Waals surface area contributed by atoms with E-state index in [4.69, 9.17) is 16.6 Å². The molecule has 0 radical (unpaired) electrons. The van der Waals surface area contributed by atoms with E-state index in [9.17, 15) is 4.79 Å². The second kappa shape index (κ2) is 1.90. The molecule has 0 fully saturated rings. The molecule has 0 amide bonds. The number of aromatic amines is 1. The fourth-order valence-corrected chi connectivity index (χ4v) is 0.503. The SMILES string of the molecule is Nc1nc(=O)c(O)c(N)[nH]1. The maximum atomic E-state index is 10.5. The molecule has 0 saturated heterocycles. The van der Waals surface area contributed by atoms with Crippen LogP contribution in [0.2, 0.25) is 0 Å².